The number of benzene rings is 1. The number of hydrogen-bond acceptors (Lipinski definition) is 4. The van der Waals surface area contributed by atoms with Crippen LogP contribution >= 0.6 is 0 Å². The Morgan fingerprint density at radius 1 is 1.12 bits per heavy atom. The summed E-state index contributed by atoms with van der Waals surface area (Å²) in [4.78, 5) is 28.3. The first-order valence-corrected chi connectivity index (χ1v) is 8.90. The number of amides is 3. The summed E-state index contributed by atoms with van der Waals surface area (Å²) >= 11 is 0. The van der Waals surface area contributed by atoms with Gasteiger partial charge in [-0.25, -0.2) is 4.79 Å². The van der Waals surface area contributed by atoms with Crippen molar-refractivity contribution in [2.24, 2.45) is 11.7 Å². The average molecular weight is 343 g/mol. The SMILES string of the molecule is NC(=O)CNC(=O)NC1C2CN3CCN(C2)CC1(c1ccccc1)C3. The van der Waals surface area contributed by atoms with Crippen LogP contribution in [0.15, 0.2) is 30.3 Å². The Labute approximate surface area is 147 Å². The molecule has 3 amide bonds. The first kappa shape index (κ1) is 16.4. The van der Waals surface area contributed by atoms with Crippen LogP contribution in [-0.4, -0.2) is 73.6 Å². The number of carbonyl (C=O) groups is 2. The minimum Gasteiger partial charge on any atom is -0.368 e. The molecule has 134 valence electrons. The second-order valence-electron chi connectivity index (χ2n) is 7.52. The van der Waals surface area contributed by atoms with Gasteiger partial charge in [0.25, 0.3) is 0 Å². The molecule has 0 aromatic heterocycles. The zero-order chi connectivity index (χ0) is 17.4. The number of nitrogens with two attached hydrogens (primary N) is 1. The largest absolute Gasteiger partial charge is 0.368 e. The molecule has 1 aromatic rings. The van der Waals surface area contributed by atoms with Crippen LogP contribution in [0.4, 0.5) is 4.79 Å². The van der Waals surface area contributed by atoms with Crippen molar-refractivity contribution in [3.8, 4) is 0 Å². The second-order valence-corrected chi connectivity index (χ2v) is 7.52. The maximum atomic E-state index is 12.3. The lowest BCUT2D eigenvalue weighted by Gasteiger charge is -2.55. The molecule has 0 aliphatic carbocycles. The van der Waals surface area contributed by atoms with Gasteiger partial charge in [0.1, 0.15) is 0 Å². The molecule has 3 atom stereocenters. The van der Waals surface area contributed by atoms with Crippen LogP contribution in [0.3, 0.4) is 0 Å². The average Bonchev–Trinajstić information content (AvgIpc) is 2.85. The van der Waals surface area contributed by atoms with Gasteiger partial charge in [0.2, 0.25) is 5.91 Å². The fourth-order valence-electron chi connectivity index (χ4n) is 4.93. The van der Waals surface area contributed by atoms with Crippen molar-refractivity contribution in [3.05, 3.63) is 35.9 Å². The Bertz CT molecular complexity index is 649. The van der Waals surface area contributed by atoms with Gasteiger partial charge in [0.05, 0.1) is 6.54 Å². The molecule has 4 aliphatic rings. The van der Waals surface area contributed by atoms with Gasteiger partial charge >= 0.3 is 6.03 Å². The number of nitrogens with one attached hydrogen (secondary N) is 2. The summed E-state index contributed by atoms with van der Waals surface area (Å²) in [6.45, 7) is 5.95. The fraction of sp³-hybridized carbons (Fsp3) is 0.556. The van der Waals surface area contributed by atoms with Gasteiger partial charge in [-0.15, -0.1) is 0 Å². The third-order valence-electron chi connectivity index (χ3n) is 5.85. The Kier molecular flexibility index (Phi) is 4.13. The van der Waals surface area contributed by atoms with Crippen LogP contribution in [0.1, 0.15) is 5.56 Å². The van der Waals surface area contributed by atoms with E-state index in [1.54, 1.807) is 0 Å². The molecule has 0 saturated carbocycles. The van der Waals surface area contributed by atoms with Gasteiger partial charge in [-0.1, -0.05) is 30.3 Å². The number of hydrogen-bond donors (Lipinski definition) is 3. The number of urea groups is 1. The fourth-order valence-corrected chi connectivity index (χ4v) is 4.93. The van der Waals surface area contributed by atoms with Crippen molar-refractivity contribution in [2.45, 2.75) is 11.5 Å². The van der Waals surface area contributed by atoms with Crippen LogP contribution in [0, 0.1) is 5.92 Å². The van der Waals surface area contributed by atoms with Crippen molar-refractivity contribution < 1.29 is 9.59 Å². The number of fused-ring (bicyclic) bond motifs is 1. The lowest BCUT2D eigenvalue weighted by atomic mass is 9.64. The zero-order valence-corrected chi connectivity index (χ0v) is 14.3. The highest BCUT2D eigenvalue weighted by molar-refractivity contribution is 5.83. The Hall–Kier alpha value is -2.12. The Morgan fingerprint density at radius 3 is 2.36 bits per heavy atom. The summed E-state index contributed by atoms with van der Waals surface area (Å²) in [5.41, 5.74) is 6.29. The van der Waals surface area contributed by atoms with Gasteiger partial charge in [-0.3, -0.25) is 4.79 Å². The number of primary amides is 1. The molecule has 4 bridgehead atoms. The predicted octanol–water partition coefficient (Wildman–Crippen LogP) is -0.661. The summed E-state index contributed by atoms with van der Waals surface area (Å²) in [5.74, 6) is -0.156. The first-order chi connectivity index (χ1) is 12.1. The molecule has 4 aliphatic heterocycles. The molecule has 0 radical (unpaired) electrons. The minimum atomic E-state index is -0.535. The number of piperidine rings is 2. The van der Waals surface area contributed by atoms with Crippen LogP contribution in [0.2, 0.25) is 0 Å². The highest BCUT2D eigenvalue weighted by atomic mass is 16.2. The summed E-state index contributed by atoms with van der Waals surface area (Å²) in [6, 6.07) is 10.2. The molecular formula is C18H25N5O2. The van der Waals surface area contributed by atoms with Crippen molar-refractivity contribution in [1.29, 1.82) is 0 Å². The second kappa shape index (κ2) is 6.31. The smallest absolute Gasteiger partial charge is 0.315 e. The minimum absolute atomic E-state index is 0.0494. The quantitative estimate of drug-likeness (QED) is 0.677. The van der Waals surface area contributed by atoms with Crippen LogP contribution in [-0.2, 0) is 10.2 Å². The topological polar surface area (TPSA) is 90.7 Å². The number of rotatable bonds is 4. The van der Waals surface area contributed by atoms with Crippen LogP contribution in [0.25, 0.3) is 0 Å². The third-order valence-corrected chi connectivity index (χ3v) is 5.85. The van der Waals surface area contributed by atoms with E-state index in [2.05, 4.69) is 44.7 Å². The van der Waals surface area contributed by atoms with Gasteiger partial charge < -0.3 is 26.2 Å². The molecule has 4 fully saturated rings. The molecule has 4 N–H and O–H groups in total. The highest BCUT2D eigenvalue weighted by Crippen LogP contribution is 2.43. The summed E-state index contributed by atoms with van der Waals surface area (Å²) < 4.78 is 0. The van der Waals surface area contributed by atoms with E-state index in [4.69, 9.17) is 5.73 Å². The molecule has 0 spiro atoms. The Balaban J connectivity index is 1.64. The van der Waals surface area contributed by atoms with Crippen molar-refractivity contribution in [1.82, 2.24) is 20.4 Å². The van der Waals surface area contributed by atoms with Crippen molar-refractivity contribution in [2.75, 3.05) is 45.8 Å². The van der Waals surface area contributed by atoms with E-state index in [0.717, 1.165) is 39.3 Å². The van der Waals surface area contributed by atoms with E-state index in [0.29, 0.717) is 5.92 Å². The molecule has 4 heterocycles. The predicted molar refractivity (Wildman–Crippen MR) is 94.0 cm³/mol. The summed E-state index contributed by atoms with van der Waals surface area (Å²) in [5, 5.41) is 5.75. The number of carbonyl (C=O) groups excluding carboxylic acids is 2. The summed E-state index contributed by atoms with van der Waals surface area (Å²) in [7, 11) is 0. The normalized spacial score (nSPS) is 35.8. The highest BCUT2D eigenvalue weighted by Gasteiger charge is 2.55. The van der Waals surface area contributed by atoms with E-state index in [1.165, 1.54) is 5.56 Å². The molecule has 25 heavy (non-hydrogen) atoms. The third kappa shape index (κ3) is 2.98. The van der Waals surface area contributed by atoms with E-state index < -0.39 is 5.91 Å². The Morgan fingerprint density at radius 2 is 1.76 bits per heavy atom. The molecule has 7 heteroatoms. The van der Waals surface area contributed by atoms with Crippen LogP contribution < -0.4 is 16.4 Å². The molecule has 1 aromatic carbocycles. The standard InChI is InChI=1S/C18H25N5O2/c19-15(24)8-20-17(25)21-16-13-9-22-6-7-23(10-13)12-18(16,11-22)14-4-2-1-3-5-14/h1-5,13,16H,6-12H2,(H2,19,24)(H2,20,21,25). The van der Waals surface area contributed by atoms with Gasteiger partial charge in [0, 0.05) is 56.6 Å². The summed E-state index contributed by atoms with van der Waals surface area (Å²) in [6.07, 6.45) is 0. The lowest BCUT2D eigenvalue weighted by molar-refractivity contribution is -0.117. The van der Waals surface area contributed by atoms with Gasteiger partial charge in [-0.05, 0) is 5.56 Å². The monoisotopic (exact) mass is 343 g/mol. The van der Waals surface area contributed by atoms with E-state index in [1.807, 2.05) is 6.07 Å². The maximum Gasteiger partial charge on any atom is 0.315 e. The lowest BCUT2D eigenvalue weighted by Crippen LogP contribution is -2.71. The molecule has 5 rings (SSSR count). The molecular weight excluding hydrogens is 318 g/mol. The van der Waals surface area contributed by atoms with E-state index >= 15 is 0 Å². The first-order valence-electron chi connectivity index (χ1n) is 8.90. The zero-order valence-electron chi connectivity index (χ0n) is 14.3. The van der Waals surface area contributed by atoms with Crippen molar-refractivity contribution in [3.63, 3.8) is 0 Å². The van der Waals surface area contributed by atoms with E-state index in [9.17, 15) is 9.59 Å². The van der Waals surface area contributed by atoms with E-state index in [-0.39, 0.29) is 24.0 Å². The molecule has 4 saturated heterocycles. The van der Waals surface area contributed by atoms with Gasteiger partial charge in [-0.2, -0.15) is 0 Å². The van der Waals surface area contributed by atoms with Crippen LogP contribution in [0.5, 0.6) is 0 Å². The van der Waals surface area contributed by atoms with Crippen molar-refractivity contribution >= 4 is 11.9 Å². The maximum absolute atomic E-state index is 12.3. The van der Waals surface area contributed by atoms with Gasteiger partial charge in [0.15, 0.2) is 0 Å². The molecule has 7 nitrogen and oxygen atoms in total. The molecule has 3 unspecified atom stereocenters. The number of nitrogens with zero attached hydrogens (tertiary/aromatic N) is 2.